The molecule has 0 fully saturated rings. The Bertz CT molecular complexity index is 516. The molecule has 2 nitrogen and oxygen atoms in total. The van der Waals surface area contributed by atoms with Crippen molar-refractivity contribution in [2.75, 3.05) is 0 Å². The Balaban J connectivity index is 2.97. The average molecular weight is 285 g/mol. The van der Waals surface area contributed by atoms with Gasteiger partial charge in [0.05, 0.1) is 5.52 Å². The first-order valence-corrected chi connectivity index (χ1v) is 5.04. The molecule has 0 unspecified atom stereocenters. The summed E-state index contributed by atoms with van der Waals surface area (Å²) >= 11 is 2.26. The molecule has 66 valence electrons. The lowest BCUT2D eigenvalue weighted by molar-refractivity contribution is 1.36. The maximum atomic E-state index is 11.4. The van der Waals surface area contributed by atoms with Gasteiger partial charge in [-0.1, -0.05) is 0 Å². The Hall–Kier alpha value is -0.840. The Kier molecular flexibility index (Phi) is 2.11. The molecule has 0 aliphatic heterocycles. The first-order valence-electron chi connectivity index (χ1n) is 3.96. The van der Waals surface area contributed by atoms with E-state index in [1.807, 2.05) is 19.1 Å². The van der Waals surface area contributed by atoms with E-state index in [-0.39, 0.29) is 5.43 Å². The Morgan fingerprint density at radius 3 is 2.92 bits per heavy atom. The topological polar surface area (TPSA) is 32.9 Å². The van der Waals surface area contributed by atoms with Gasteiger partial charge in [0.15, 0.2) is 5.43 Å². The second-order valence-corrected chi connectivity index (χ2v) is 4.15. The van der Waals surface area contributed by atoms with E-state index in [0.29, 0.717) is 0 Å². The molecule has 0 saturated heterocycles. The molecular formula is C10H8INO. The monoisotopic (exact) mass is 285 g/mol. The molecule has 1 aromatic heterocycles. The lowest BCUT2D eigenvalue weighted by Gasteiger charge is -2.00. The molecule has 13 heavy (non-hydrogen) atoms. The molecule has 1 aromatic carbocycles. The van der Waals surface area contributed by atoms with Gasteiger partial charge in [-0.3, -0.25) is 4.79 Å². The predicted molar refractivity (Wildman–Crippen MR) is 62.0 cm³/mol. The number of hydrogen-bond acceptors (Lipinski definition) is 1. The van der Waals surface area contributed by atoms with Gasteiger partial charge in [-0.2, -0.15) is 0 Å². The zero-order chi connectivity index (χ0) is 9.42. The van der Waals surface area contributed by atoms with Gasteiger partial charge in [-0.05, 0) is 47.2 Å². The van der Waals surface area contributed by atoms with Crippen LogP contribution in [0.4, 0.5) is 0 Å². The van der Waals surface area contributed by atoms with Crippen LogP contribution in [0.5, 0.6) is 0 Å². The van der Waals surface area contributed by atoms with Crippen molar-refractivity contribution in [1.29, 1.82) is 0 Å². The van der Waals surface area contributed by atoms with Crippen molar-refractivity contribution in [2.45, 2.75) is 6.92 Å². The highest BCUT2D eigenvalue weighted by Gasteiger charge is 2.00. The third-order valence-corrected chi connectivity index (χ3v) is 3.20. The van der Waals surface area contributed by atoms with Crippen LogP contribution in [0.3, 0.4) is 0 Å². The number of aromatic nitrogens is 1. The number of pyridine rings is 1. The van der Waals surface area contributed by atoms with E-state index in [0.717, 1.165) is 16.5 Å². The molecule has 1 N–H and O–H groups in total. The highest BCUT2D eigenvalue weighted by Crippen LogP contribution is 2.16. The molecule has 0 saturated carbocycles. The number of H-pyrrole nitrogens is 1. The molecule has 0 aliphatic carbocycles. The fraction of sp³-hybridized carbons (Fsp3) is 0.100. The zero-order valence-electron chi connectivity index (χ0n) is 7.10. The normalized spacial score (nSPS) is 10.6. The quantitative estimate of drug-likeness (QED) is 0.741. The van der Waals surface area contributed by atoms with Gasteiger partial charge in [-0.25, -0.2) is 0 Å². The summed E-state index contributed by atoms with van der Waals surface area (Å²) in [6, 6.07) is 5.47. The average Bonchev–Trinajstić information content (AvgIpc) is 2.09. The number of aromatic amines is 1. The summed E-state index contributed by atoms with van der Waals surface area (Å²) < 4.78 is 1.17. The first kappa shape index (κ1) is 8.74. The molecule has 0 aliphatic rings. The number of hydrogen-bond donors (Lipinski definition) is 1. The minimum absolute atomic E-state index is 0.0771. The molecule has 1 heterocycles. The van der Waals surface area contributed by atoms with E-state index < -0.39 is 0 Å². The minimum atomic E-state index is 0.0771. The van der Waals surface area contributed by atoms with E-state index in [2.05, 4.69) is 27.6 Å². The largest absolute Gasteiger partial charge is 0.361 e. The molecule has 0 amide bonds. The number of rotatable bonds is 0. The van der Waals surface area contributed by atoms with E-state index in [1.165, 1.54) is 3.57 Å². The number of benzene rings is 1. The van der Waals surface area contributed by atoms with Crippen LogP contribution in [0.25, 0.3) is 10.9 Å². The van der Waals surface area contributed by atoms with Crippen LogP contribution in [0.2, 0.25) is 0 Å². The van der Waals surface area contributed by atoms with E-state index in [1.54, 1.807) is 12.3 Å². The fourth-order valence-corrected chi connectivity index (χ4v) is 1.77. The minimum Gasteiger partial charge on any atom is -0.361 e. The molecule has 0 atom stereocenters. The van der Waals surface area contributed by atoms with Crippen LogP contribution < -0.4 is 5.43 Å². The SMILES string of the molecule is Cc1cc2c(=O)cc[nH]c2cc1I. The van der Waals surface area contributed by atoms with E-state index in [9.17, 15) is 4.79 Å². The van der Waals surface area contributed by atoms with Gasteiger partial charge < -0.3 is 4.98 Å². The summed E-state index contributed by atoms with van der Waals surface area (Å²) in [5, 5.41) is 0.764. The Labute approximate surface area is 89.1 Å². The van der Waals surface area contributed by atoms with Crippen LogP contribution in [-0.2, 0) is 0 Å². The lowest BCUT2D eigenvalue weighted by Crippen LogP contribution is -2.00. The van der Waals surface area contributed by atoms with Crippen molar-refractivity contribution in [3.05, 3.63) is 43.8 Å². The summed E-state index contributed by atoms with van der Waals surface area (Å²) in [4.78, 5) is 14.5. The van der Waals surface area contributed by atoms with Crippen LogP contribution >= 0.6 is 22.6 Å². The first-order chi connectivity index (χ1) is 6.18. The molecular weight excluding hydrogens is 277 g/mol. The third kappa shape index (κ3) is 1.48. The second-order valence-electron chi connectivity index (χ2n) is 2.99. The highest BCUT2D eigenvalue weighted by molar-refractivity contribution is 14.1. The number of halogens is 1. The zero-order valence-corrected chi connectivity index (χ0v) is 9.25. The molecule has 0 bridgehead atoms. The van der Waals surface area contributed by atoms with Crippen molar-refractivity contribution in [2.24, 2.45) is 0 Å². The maximum absolute atomic E-state index is 11.4. The summed E-state index contributed by atoms with van der Waals surface area (Å²) in [6.45, 7) is 2.01. The molecule has 3 heteroatoms. The molecule has 2 aromatic rings. The molecule has 2 rings (SSSR count). The Morgan fingerprint density at radius 1 is 1.38 bits per heavy atom. The van der Waals surface area contributed by atoms with Gasteiger partial charge in [0.25, 0.3) is 0 Å². The second kappa shape index (κ2) is 3.14. The van der Waals surface area contributed by atoms with Crippen molar-refractivity contribution in [1.82, 2.24) is 4.98 Å². The number of nitrogens with one attached hydrogen (secondary N) is 1. The molecule has 0 radical (unpaired) electrons. The van der Waals surface area contributed by atoms with E-state index >= 15 is 0 Å². The fourth-order valence-electron chi connectivity index (χ4n) is 1.30. The third-order valence-electron chi connectivity index (χ3n) is 2.04. The van der Waals surface area contributed by atoms with Gasteiger partial charge in [0.1, 0.15) is 0 Å². The van der Waals surface area contributed by atoms with Crippen molar-refractivity contribution >= 4 is 33.5 Å². The van der Waals surface area contributed by atoms with Crippen LogP contribution in [0.15, 0.2) is 29.2 Å². The number of fused-ring (bicyclic) bond motifs is 1. The van der Waals surface area contributed by atoms with Crippen molar-refractivity contribution < 1.29 is 0 Å². The van der Waals surface area contributed by atoms with Gasteiger partial charge in [0.2, 0.25) is 0 Å². The summed E-state index contributed by atoms with van der Waals surface area (Å²) in [5.74, 6) is 0. The van der Waals surface area contributed by atoms with Crippen molar-refractivity contribution in [3.63, 3.8) is 0 Å². The van der Waals surface area contributed by atoms with Crippen LogP contribution in [0.1, 0.15) is 5.56 Å². The van der Waals surface area contributed by atoms with E-state index in [4.69, 9.17) is 0 Å². The smallest absolute Gasteiger partial charge is 0.189 e. The Morgan fingerprint density at radius 2 is 2.15 bits per heavy atom. The molecule has 0 spiro atoms. The maximum Gasteiger partial charge on any atom is 0.189 e. The summed E-state index contributed by atoms with van der Waals surface area (Å²) in [5.41, 5.74) is 2.13. The van der Waals surface area contributed by atoms with Crippen LogP contribution in [-0.4, -0.2) is 4.98 Å². The van der Waals surface area contributed by atoms with Crippen LogP contribution in [0, 0.1) is 10.5 Å². The highest BCUT2D eigenvalue weighted by atomic mass is 127. The van der Waals surface area contributed by atoms with Gasteiger partial charge in [-0.15, -0.1) is 0 Å². The lowest BCUT2D eigenvalue weighted by atomic mass is 10.1. The number of aryl methyl sites for hydroxylation is 1. The van der Waals surface area contributed by atoms with Gasteiger partial charge in [0, 0.05) is 21.2 Å². The standard InChI is InChI=1S/C10H8INO/c1-6-4-7-9(5-8(6)11)12-3-2-10(7)13/h2-5H,1H3,(H,12,13). The predicted octanol–water partition coefficient (Wildman–Crippen LogP) is 2.44. The van der Waals surface area contributed by atoms with Crippen molar-refractivity contribution in [3.8, 4) is 0 Å². The summed E-state index contributed by atoms with van der Waals surface area (Å²) in [7, 11) is 0. The van der Waals surface area contributed by atoms with Gasteiger partial charge >= 0.3 is 0 Å². The summed E-state index contributed by atoms with van der Waals surface area (Å²) in [6.07, 6.45) is 1.68.